The molecule has 16 heavy (non-hydrogen) atoms. The van der Waals surface area contributed by atoms with E-state index >= 15 is 0 Å². The maximum Gasteiger partial charge on any atom is 0.123 e. The van der Waals surface area contributed by atoms with Gasteiger partial charge in [-0.05, 0) is 28.8 Å². The number of hydrogen-bond donors (Lipinski definition) is 0. The zero-order valence-corrected chi connectivity index (χ0v) is 8.65. The van der Waals surface area contributed by atoms with Crippen molar-refractivity contribution in [2.45, 2.75) is 6.42 Å². The lowest BCUT2D eigenvalue weighted by Crippen LogP contribution is -1.89. The van der Waals surface area contributed by atoms with Gasteiger partial charge < -0.3 is 0 Å². The Kier molecular flexibility index (Phi) is 2.98. The van der Waals surface area contributed by atoms with Gasteiger partial charge in [-0.25, -0.2) is 4.39 Å². The summed E-state index contributed by atoms with van der Waals surface area (Å²) in [7, 11) is 0. The molecule has 2 heteroatoms. The minimum atomic E-state index is -0.277. The highest BCUT2D eigenvalue weighted by Crippen LogP contribution is 2.24. The first-order valence-electron chi connectivity index (χ1n) is 5.02. The molecule has 0 amide bonds. The van der Waals surface area contributed by atoms with Crippen LogP contribution in [0.25, 0.3) is 11.1 Å². The van der Waals surface area contributed by atoms with Crippen LogP contribution in [0.4, 0.5) is 4.39 Å². The Morgan fingerprint density at radius 1 is 1.06 bits per heavy atom. The molecule has 2 aromatic carbocycles. The molecule has 0 N–H and O–H groups in total. The van der Waals surface area contributed by atoms with Crippen molar-refractivity contribution in [1.82, 2.24) is 0 Å². The van der Waals surface area contributed by atoms with Crippen LogP contribution in [-0.2, 0) is 6.42 Å². The van der Waals surface area contributed by atoms with E-state index in [0.29, 0.717) is 6.42 Å². The van der Waals surface area contributed by atoms with Crippen molar-refractivity contribution in [2.75, 3.05) is 0 Å². The average Bonchev–Trinajstić information content (AvgIpc) is 2.33. The Morgan fingerprint density at radius 3 is 2.50 bits per heavy atom. The molecule has 0 aliphatic carbocycles. The molecule has 0 aliphatic rings. The van der Waals surface area contributed by atoms with Gasteiger partial charge in [0.1, 0.15) is 5.82 Å². The number of halogens is 1. The van der Waals surface area contributed by atoms with E-state index < -0.39 is 0 Å². The second kappa shape index (κ2) is 4.59. The van der Waals surface area contributed by atoms with Gasteiger partial charge in [0.2, 0.25) is 0 Å². The molecular formula is C14H10FN. The highest BCUT2D eigenvalue weighted by Gasteiger charge is 2.05. The van der Waals surface area contributed by atoms with Crippen molar-refractivity contribution in [1.29, 1.82) is 5.26 Å². The molecule has 0 spiro atoms. The van der Waals surface area contributed by atoms with Gasteiger partial charge >= 0.3 is 0 Å². The first-order chi connectivity index (χ1) is 7.81. The van der Waals surface area contributed by atoms with Gasteiger partial charge in [-0.3, -0.25) is 0 Å². The molecule has 0 unspecified atom stereocenters. The summed E-state index contributed by atoms with van der Waals surface area (Å²) in [5.41, 5.74) is 2.59. The fourth-order valence-corrected chi connectivity index (χ4v) is 1.67. The van der Waals surface area contributed by atoms with Crippen LogP contribution < -0.4 is 0 Å². The van der Waals surface area contributed by atoms with E-state index in [4.69, 9.17) is 5.26 Å². The van der Waals surface area contributed by atoms with Crippen LogP contribution >= 0.6 is 0 Å². The highest BCUT2D eigenvalue weighted by molar-refractivity contribution is 5.67. The third-order valence-electron chi connectivity index (χ3n) is 2.43. The van der Waals surface area contributed by atoms with Gasteiger partial charge in [0.15, 0.2) is 0 Å². The van der Waals surface area contributed by atoms with Crippen LogP contribution in [0.5, 0.6) is 0 Å². The molecule has 0 aromatic heterocycles. The van der Waals surface area contributed by atoms with Crippen molar-refractivity contribution in [3.63, 3.8) is 0 Å². The Balaban J connectivity index is 2.55. The molecular weight excluding hydrogens is 201 g/mol. The van der Waals surface area contributed by atoms with Gasteiger partial charge in [0.25, 0.3) is 0 Å². The standard InChI is InChI=1S/C14H10FN/c15-13-7-6-12(8-9-16)14(10-13)11-4-2-1-3-5-11/h1-7,10H,8H2. The Hall–Kier alpha value is -2.14. The normalized spacial score (nSPS) is 9.75. The smallest absolute Gasteiger partial charge is 0.123 e. The second-order valence-electron chi connectivity index (χ2n) is 3.50. The highest BCUT2D eigenvalue weighted by atomic mass is 19.1. The van der Waals surface area contributed by atoms with Crippen LogP contribution in [-0.4, -0.2) is 0 Å². The van der Waals surface area contributed by atoms with Crippen molar-refractivity contribution >= 4 is 0 Å². The van der Waals surface area contributed by atoms with E-state index in [9.17, 15) is 4.39 Å². The predicted octanol–water partition coefficient (Wildman–Crippen LogP) is 3.56. The van der Waals surface area contributed by atoms with Gasteiger partial charge in [0, 0.05) is 0 Å². The summed E-state index contributed by atoms with van der Waals surface area (Å²) in [6, 6.07) is 16.2. The van der Waals surface area contributed by atoms with Crippen molar-refractivity contribution in [3.8, 4) is 17.2 Å². The molecule has 0 radical (unpaired) electrons. The SMILES string of the molecule is N#CCc1ccc(F)cc1-c1ccccc1. The number of nitrogens with zero attached hydrogens (tertiary/aromatic N) is 1. The molecule has 0 bridgehead atoms. The van der Waals surface area contributed by atoms with E-state index in [1.54, 1.807) is 6.07 Å². The third-order valence-corrected chi connectivity index (χ3v) is 2.43. The van der Waals surface area contributed by atoms with Crippen LogP contribution in [0, 0.1) is 17.1 Å². The quantitative estimate of drug-likeness (QED) is 0.745. The predicted molar refractivity (Wildman–Crippen MR) is 61.2 cm³/mol. The topological polar surface area (TPSA) is 23.8 Å². The molecule has 0 saturated carbocycles. The monoisotopic (exact) mass is 211 g/mol. The van der Waals surface area contributed by atoms with E-state index in [2.05, 4.69) is 6.07 Å². The summed E-state index contributed by atoms with van der Waals surface area (Å²) in [5, 5.41) is 8.72. The van der Waals surface area contributed by atoms with Crippen molar-refractivity contribution in [3.05, 3.63) is 59.9 Å². The molecule has 0 atom stereocenters. The zero-order chi connectivity index (χ0) is 11.4. The molecule has 2 rings (SSSR count). The number of benzene rings is 2. The largest absolute Gasteiger partial charge is 0.207 e. The third kappa shape index (κ3) is 2.09. The summed E-state index contributed by atoms with van der Waals surface area (Å²) in [4.78, 5) is 0. The Morgan fingerprint density at radius 2 is 1.81 bits per heavy atom. The number of rotatable bonds is 2. The van der Waals surface area contributed by atoms with Gasteiger partial charge in [-0.15, -0.1) is 0 Å². The zero-order valence-electron chi connectivity index (χ0n) is 8.65. The summed E-state index contributed by atoms with van der Waals surface area (Å²) in [6.45, 7) is 0. The van der Waals surface area contributed by atoms with Gasteiger partial charge in [-0.1, -0.05) is 36.4 Å². The van der Waals surface area contributed by atoms with Crippen molar-refractivity contribution < 1.29 is 4.39 Å². The average molecular weight is 211 g/mol. The molecule has 0 saturated heterocycles. The fourth-order valence-electron chi connectivity index (χ4n) is 1.67. The summed E-state index contributed by atoms with van der Waals surface area (Å²) < 4.78 is 13.2. The molecule has 2 aromatic rings. The minimum absolute atomic E-state index is 0.277. The van der Waals surface area contributed by atoms with Crippen molar-refractivity contribution in [2.24, 2.45) is 0 Å². The van der Waals surface area contributed by atoms with E-state index in [0.717, 1.165) is 16.7 Å². The van der Waals surface area contributed by atoms with Crippen LogP contribution in [0.3, 0.4) is 0 Å². The summed E-state index contributed by atoms with van der Waals surface area (Å²) in [5.74, 6) is -0.277. The summed E-state index contributed by atoms with van der Waals surface area (Å²) >= 11 is 0. The molecule has 0 heterocycles. The van der Waals surface area contributed by atoms with Crippen LogP contribution in [0.2, 0.25) is 0 Å². The van der Waals surface area contributed by atoms with Gasteiger partial charge in [-0.2, -0.15) is 5.26 Å². The van der Waals surface area contributed by atoms with Gasteiger partial charge in [0.05, 0.1) is 12.5 Å². The Labute approximate surface area is 93.8 Å². The fraction of sp³-hybridized carbons (Fsp3) is 0.0714. The van der Waals surface area contributed by atoms with E-state index in [1.165, 1.54) is 12.1 Å². The lowest BCUT2D eigenvalue weighted by Gasteiger charge is -2.06. The second-order valence-corrected chi connectivity index (χ2v) is 3.50. The molecule has 0 aliphatic heterocycles. The maximum absolute atomic E-state index is 13.2. The summed E-state index contributed by atoms with van der Waals surface area (Å²) in [6.07, 6.45) is 0.296. The first-order valence-corrected chi connectivity index (χ1v) is 5.02. The maximum atomic E-state index is 13.2. The molecule has 78 valence electrons. The lowest BCUT2D eigenvalue weighted by atomic mass is 9.98. The lowest BCUT2D eigenvalue weighted by molar-refractivity contribution is 0.628. The molecule has 0 fully saturated rings. The van der Waals surface area contributed by atoms with E-state index in [1.807, 2.05) is 30.3 Å². The minimum Gasteiger partial charge on any atom is -0.207 e. The number of nitriles is 1. The van der Waals surface area contributed by atoms with Crippen LogP contribution in [0.1, 0.15) is 5.56 Å². The van der Waals surface area contributed by atoms with E-state index in [-0.39, 0.29) is 5.82 Å². The molecule has 1 nitrogen and oxygen atoms in total. The Bertz CT molecular complexity index is 526. The first kappa shape index (κ1) is 10.4. The van der Waals surface area contributed by atoms with Crippen LogP contribution in [0.15, 0.2) is 48.5 Å². The number of hydrogen-bond acceptors (Lipinski definition) is 1.